The largest absolute Gasteiger partial charge is 0.530 e. The average molecular weight is 172 g/mol. The van der Waals surface area contributed by atoms with Gasteiger partial charge in [0.15, 0.2) is 0 Å². The van der Waals surface area contributed by atoms with Gasteiger partial charge in [0.05, 0.1) is 0 Å². The van der Waals surface area contributed by atoms with Crippen LogP contribution in [0.4, 0.5) is 4.79 Å². The molecule has 0 spiro atoms. The van der Waals surface area contributed by atoms with Crippen LogP contribution < -0.4 is 10.4 Å². The van der Waals surface area contributed by atoms with Crippen molar-refractivity contribution in [1.82, 2.24) is 5.32 Å². The Morgan fingerprint density at radius 1 is 1.17 bits per heavy atom. The van der Waals surface area contributed by atoms with E-state index in [0.717, 1.165) is 12.8 Å². The number of hydrogen-bond acceptors (Lipinski definition) is 2. The van der Waals surface area contributed by atoms with E-state index in [1.54, 1.807) is 0 Å². The molecule has 3 heteroatoms. The van der Waals surface area contributed by atoms with Crippen molar-refractivity contribution in [3.8, 4) is 0 Å². The number of carboxylic acid groups (broad SMARTS) is 1. The molecular weight excluding hydrogens is 154 g/mol. The van der Waals surface area contributed by atoms with Gasteiger partial charge in [0.1, 0.15) is 6.09 Å². The summed E-state index contributed by atoms with van der Waals surface area (Å²) in [7, 11) is 0. The Hall–Kier alpha value is -0.730. The molecule has 0 saturated heterocycles. The van der Waals surface area contributed by atoms with Crippen LogP contribution in [0, 0.1) is 0 Å². The van der Waals surface area contributed by atoms with Gasteiger partial charge in [0, 0.05) is 6.54 Å². The summed E-state index contributed by atoms with van der Waals surface area (Å²) in [6.45, 7) is 2.71. The summed E-state index contributed by atoms with van der Waals surface area (Å²) in [6.07, 6.45) is 5.89. The zero-order chi connectivity index (χ0) is 9.23. The van der Waals surface area contributed by atoms with Gasteiger partial charge < -0.3 is 15.2 Å². The summed E-state index contributed by atoms with van der Waals surface area (Å²) in [6, 6.07) is 0. The molecule has 0 aliphatic rings. The van der Waals surface area contributed by atoms with Gasteiger partial charge in [-0.25, -0.2) is 0 Å². The fraction of sp³-hybridized carbons (Fsp3) is 0.889. The van der Waals surface area contributed by atoms with Crippen LogP contribution in [0.3, 0.4) is 0 Å². The maximum atomic E-state index is 9.91. The van der Waals surface area contributed by atoms with E-state index in [0.29, 0.717) is 6.54 Å². The number of carbonyl (C=O) groups excluding carboxylic acids is 1. The second-order valence-electron chi connectivity index (χ2n) is 2.98. The van der Waals surface area contributed by atoms with Gasteiger partial charge in [-0.3, -0.25) is 0 Å². The van der Waals surface area contributed by atoms with Crippen LogP contribution in [0.1, 0.15) is 45.4 Å². The molecule has 72 valence electrons. The zero-order valence-corrected chi connectivity index (χ0v) is 7.77. The van der Waals surface area contributed by atoms with Crippen LogP contribution in [0.15, 0.2) is 0 Å². The lowest BCUT2D eigenvalue weighted by atomic mass is 10.1. The third kappa shape index (κ3) is 9.27. The smallest absolute Gasteiger partial charge is 0.134 e. The number of unbranched alkanes of at least 4 members (excludes halogenated alkanes) is 5. The van der Waals surface area contributed by atoms with Gasteiger partial charge in [-0.2, -0.15) is 0 Å². The third-order valence-electron chi connectivity index (χ3n) is 1.80. The number of rotatable bonds is 7. The van der Waals surface area contributed by atoms with E-state index in [1.165, 1.54) is 25.7 Å². The predicted molar refractivity (Wildman–Crippen MR) is 46.8 cm³/mol. The fourth-order valence-corrected chi connectivity index (χ4v) is 1.10. The van der Waals surface area contributed by atoms with E-state index in [1.807, 2.05) is 0 Å². The van der Waals surface area contributed by atoms with Crippen molar-refractivity contribution in [1.29, 1.82) is 0 Å². The summed E-state index contributed by atoms with van der Waals surface area (Å²) in [5.74, 6) is 0. The van der Waals surface area contributed by atoms with Crippen molar-refractivity contribution in [3.05, 3.63) is 0 Å². The maximum absolute atomic E-state index is 9.91. The molecule has 0 rings (SSSR count). The number of hydrogen-bond donors (Lipinski definition) is 1. The Morgan fingerprint density at radius 2 is 1.75 bits per heavy atom. The highest BCUT2D eigenvalue weighted by Gasteiger charge is 1.89. The SMILES string of the molecule is CCCCCCCCNC(=O)[O-]. The lowest BCUT2D eigenvalue weighted by molar-refractivity contribution is -0.250. The highest BCUT2D eigenvalue weighted by molar-refractivity contribution is 5.61. The second kappa shape index (κ2) is 8.37. The Balaban J connectivity index is 2.86. The molecule has 0 aromatic carbocycles. The Labute approximate surface area is 74.2 Å². The standard InChI is InChI=1S/C9H19NO2/c1-2-3-4-5-6-7-8-10-9(11)12/h10H,2-8H2,1H3,(H,11,12)/p-1. The summed E-state index contributed by atoms with van der Waals surface area (Å²) in [4.78, 5) is 9.91. The van der Waals surface area contributed by atoms with Crippen LogP contribution in [0.25, 0.3) is 0 Å². The molecule has 0 saturated carbocycles. The van der Waals surface area contributed by atoms with Crippen molar-refractivity contribution in [2.75, 3.05) is 6.54 Å². The minimum Gasteiger partial charge on any atom is -0.530 e. The molecule has 0 heterocycles. The number of carbonyl (C=O) groups is 1. The Kier molecular flexibility index (Phi) is 7.86. The first-order chi connectivity index (χ1) is 5.77. The molecular formula is C9H18NO2-. The van der Waals surface area contributed by atoms with Crippen molar-refractivity contribution >= 4 is 6.09 Å². The second-order valence-corrected chi connectivity index (χ2v) is 2.98. The third-order valence-corrected chi connectivity index (χ3v) is 1.80. The molecule has 0 unspecified atom stereocenters. The van der Waals surface area contributed by atoms with Crippen LogP contribution in [-0.2, 0) is 0 Å². The molecule has 0 fully saturated rings. The molecule has 1 amide bonds. The average Bonchev–Trinajstić information content (AvgIpc) is 2.02. The highest BCUT2D eigenvalue weighted by atomic mass is 16.4. The summed E-state index contributed by atoms with van der Waals surface area (Å²) in [5, 5.41) is 12.2. The molecule has 0 aromatic heterocycles. The lowest BCUT2D eigenvalue weighted by Crippen LogP contribution is -2.36. The van der Waals surface area contributed by atoms with E-state index < -0.39 is 6.09 Å². The van der Waals surface area contributed by atoms with Crippen molar-refractivity contribution in [3.63, 3.8) is 0 Å². The minimum absolute atomic E-state index is 0.536. The summed E-state index contributed by atoms with van der Waals surface area (Å²) >= 11 is 0. The van der Waals surface area contributed by atoms with Gasteiger partial charge in [-0.15, -0.1) is 0 Å². The first-order valence-corrected chi connectivity index (χ1v) is 4.72. The molecule has 12 heavy (non-hydrogen) atoms. The molecule has 0 bridgehead atoms. The quantitative estimate of drug-likeness (QED) is 0.588. The molecule has 1 N–H and O–H groups in total. The van der Waals surface area contributed by atoms with Crippen LogP contribution in [0.5, 0.6) is 0 Å². The Morgan fingerprint density at radius 3 is 2.33 bits per heavy atom. The van der Waals surface area contributed by atoms with Gasteiger partial charge in [-0.1, -0.05) is 39.0 Å². The zero-order valence-electron chi connectivity index (χ0n) is 7.77. The monoisotopic (exact) mass is 172 g/mol. The van der Waals surface area contributed by atoms with Crippen LogP contribution in [0.2, 0.25) is 0 Å². The molecule has 0 radical (unpaired) electrons. The van der Waals surface area contributed by atoms with Crippen molar-refractivity contribution in [2.24, 2.45) is 0 Å². The van der Waals surface area contributed by atoms with Crippen LogP contribution in [-0.4, -0.2) is 12.6 Å². The first kappa shape index (κ1) is 11.3. The molecule has 3 nitrogen and oxygen atoms in total. The maximum Gasteiger partial charge on any atom is 0.134 e. The topological polar surface area (TPSA) is 52.2 Å². The first-order valence-electron chi connectivity index (χ1n) is 4.72. The van der Waals surface area contributed by atoms with Crippen molar-refractivity contribution in [2.45, 2.75) is 45.4 Å². The normalized spacial score (nSPS) is 9.75. The van der Waals surface area contributed by atoms with E-state index in [4.69, 9.17) is 0 Å². The van der Waals surface area contributed by atoms with E-state index in [9.17, 15) is 9.90 Å². The predicted octanol–water partition coefficient (Wildman–Crippen LogP) is 1.28. The molecule has 0 aliphatic heterocycles. The van der Waals surface area contributed by atoms with Gasteiger partial charge in [0.25, 0.3) is 0 Å². The van der Waals surface area contributed by atoms with Gasteiger partial charge in [0.2, 0.25) is 0 Å². The van der Waals surface area contributed by atoms with Gasteiger partial charge in [-0.05, 0) is 6.42 Å². The van der Waals surface area contributed by atoms with Gasteiger partial charge >= 0.3 is 0 Å². The van der Waals surface area contributed by atoms with Crippen molar-refractivity contribution < 1.29 is 9.90 Å². The van der Waals surface area contributed by atoms with E-state index >= 15 is 0 Å². The summed E-state index contributed by atoms with van der Waals surface area (Å²) in [5.41, 5.74) is 0. The molecule has 0 aliphatic carbocycles. The highest BCUT2D eigenvalue weighted by Crippen LogP contribution is 2.03. The number of nitrogens with one attached hydrogen (secondary N) is 1. The Bertz CT molecular complexity index is 115. The number of amides is 1. The van der Waals surface area contributed by atoms with Crippen LogP contribution >= 0.6 is 0 Å². The van der Waals surface area contributed by atoms with E-state index in [-0.39, 0.29) is 0 Å². The minimum atomic E-state index is -1.16. The fourth-order valence-electron chi connectivity index (χ4n) is 1.10. The molecule has 0 aromatic rings. The lowest BCUT2D eigenvalue weighted by Gasteiger charge is -2.05. The van der Waals surface area contributed by atoms with E-state index in [2.05, 4.69) is 12.2 Å². The molecule has 0 atom stereocenters. The summed E-state index contributed by atoms with van der Waals surface area (Å²) < 4.78 is 0.